The Labute approximate surface area is 107 Å². The van der Waals surface area contributed by atoms with Gasteiger partial charge in [0.15, 0.2) is 0 Å². The molecule has 3 unspecified atom stereocenters. The monoisotopic (exact) mass is 238 g/mol. The van der Waals surface area contributed by atoms with Crippen molar-refractivity contribution in [1.29, 1.82) is 0 Å². The molecule has 2 N–H and O–H groups in total. The van der Waals surface area contributed by atoms with Crippen LogP contribution in [0.2, 0.25) is 0 Å². The van der Waals surface area contributed by atoms with Gasteiger partial charge in [0.25, 0.3) is 0 Å². The quantitative estimate of drug-likeness (QED) is 0.801. The standard InChI is InChI=1S/C15H30N2/c1-12-5-8-17(9-6-12)15(11-16)7-4-13(2)10-14(15)3/h12-14H,4-11,16H2,1-3H3. The van der Waals surface area contributed by atoms with Crippen molar-refractivity contribution < 1.29 is 0 Å². The summed E-state index contributed by atoms with van der Waals surface area (Å²) >= 11 is 0. The first-order chi connectivity index (χ1) is 8.08. The van der Waals surface area contributed by atoms with E-state index >= 15 is 0 Å². The molecule has 1 aliphatic carbocycles. The van der Waals surface area contributed by atoms with Crippen LogP contribution in [-0.2, 0) is 0 Å². The number of hydrogen-bond donors (Lipinski definition) is 1. The Hall–Kier alpha value is -0.0800. The van der Waals surface area contributed by atoms with E-state index in [9.17, 15) is 0 Å². The van der Waals surface area contributed by atoms with Crippen molar-refractivity contribution in [2.75, 3.05) is 19.6 Å². The van der Waals surface area contributed by atoms with Crippen molar-refractivity contribution in [1.82, 2.24) is 4.90 Å². The second-order valence-electron chi connectivity index (χ2n) is 6.76. The van der Waals surface area contributed by atoms with Crippen molar-refractivity contribution in [3.8, 4) is 0 Å². The summed E-state index contributed by atoms with van der Waals surface area (Å²) < 4.78 is 0. The maximum Gasteiger partial charge on any atom is 0.0357 e. The molecule has 17 heavy (non-hydrogen) atoms. The highest BCUT2D eigenvalue weighted by Crippen LogP contribution is 2.41. The summed E-state index contributed by atoms with van der Waals surface area (Å²) in [4.78, 5) is 2.74. The number of nitrogens with two attached hydrogens (primary N) is 1. The zero-order chi connectivity index (χ0) is 12.5. The third-order valence-corrected chi connectivity index (χ3v) is 5.51. The first kappa shape index (κ1) is 13.4. The molecule has 0 aromatic heterocycles. The topological polar surface area (TPSA) is 29.3 Å². The minimum atomic E-state index is 0.326. The first-order valence-corrected chi connectivity index (χ1v) is 7.53. The molecule has 2 heteroatoms. The number of piperidine rings is 1. The lowest BCUT2D eigenvalue weighted by Gasteiger charge is -2.53. The van der Waals surface area contributed by atoms with Crippen LogP contribution in [0.5, 0.6) is 0 Å². The summed E-state index contributed by atoms with van der Waals surface area (Å²) in [6.45, 7) is 10.6. The lowest BCUT2D eigenvalue weighted by atomic mass is 9.68. The molecule has 0 bridgehead atoms. The van der Waals surface area contributed by atoms with Crippen molar-refractivity contribution in [3.63, 3.8) is 0 Å². The SMILES string of the molecule is CC1CCN(C2(CN)CCC(C)CC2C)CC1. The second kappa shape index (κ2) is 5.27. The van der Waals surface area contributed by atoms with Gasteiger partial charge in [0.1, 0.15) is 0 Å². The molecule has 0 aromatic carbocycles. The molecule has 0 radical (unpaired) electrons. The number of likely N-dealkylation sites (tertiary alicyclic amines) is 1. The molecule has 1 aliphatic heterocycles. The fourth-order valence-electron chi connectivity index (χ4n) is 4.04. The molecule has 3 atom stereocenters. The predicted octanol–water partition coefficient (Wildman–Crippen LogP) is 2.87. The summed E-state index contributed by atoms with van der Waals surface area (Å²) in [5.74, 6) is 2.58. The molecule has 0 amide bonds. The van der Waals surface area contributed by atoms with E-state index in [0.29, 0.717) is 5.54 Å². The Bertz CT molecular complexity index is 245. The van der Waals surface area contributed by atoms with Crippen molar-refractivity contribution in [2.24, 2.45) is 23.5 Å². The van der Waals surface area contributed by atoms with Gasteiger partial charge in [0.2, 0.25) is 0 Å². The summed E-state index contributed by atoms with van der Waals surface area (Å²) in [6.07, 6.45) is 6.78. The Morgan fingerprint density at radius 3 is 2.24 bits per heavy atom. The van der Waals surface area contributed by atoms with Gasteiger partial charge in [-0.1, -0.05) is 20.8 Å². The summed E-state index contributed by atoms with van der Waals surface area (Å²) in [7, 11) is 0. The van der Waals surface area contributed by atoms with E-state index in [1.54, 1.807) is 0 Å². The van der Waals surface area contributed by atoms with E-state index in [-0.39, 0.29) is 0 Å². The van der Waals surface area contributed by atoms with E-state index in [1.807, 2.05) is 0 Å². The highest BCUT2D eigenvalue weighted by Gasteiger charge is 2.44. The lowest BCUT2D eigenvalue weighted by Crippen LogP contribution is -2.61. The van der Waals surface area contributed by atoms with Gasteiger partial charge in [-0.3, -0.25) is 4.90 Å². The Balaban J connectivity index is 2.08. The molecule has 1 saturated carbocycles. The molecule has 2 fully saturated rings. The molecule has 1 saturated heterocycles. The van der Waals surface area contributed by atoms with Crippen LogP contribution in [0.1, 0.15) is 52.9 Å². The van der Waals surface area contributed by atoms with E-state index in [0.717, 1.165) is 24.3 Å². The van der Waals surface area contributed by atoms with Crippen LogP contribution >= 0.6 is 0 Å². The summed E-state index contributed by atoms with van der Waals surface area (Å²) in [5, 5.41) is 0. The molecule has 2 rings (SSSR count). The van der Waals surface area contributed by atoms with Gasteiger partial charge in [0.05, 0.1) is 0 Å². The smallest absolute Gasteiger partial charge is 0.0357 e. The molecule has 100 valence electrons. The molecule has 1 heterocycles. The minimum absolute atomic E-state index is 0.326. The number of hydrogen-bond acceptors (Lipinski definition) is 2. The minimum Gasteiger partial charge on any atom is -0.329 e. The Kier molecular flexibility index (Phi) is 4.14. The van der Waals surface area contributed by atoms with E-state index < -0.39 is 0 Å². The van der Waals surface area contributed by atoms with Crippen LogP contribution in [0.3, 0.4) is 0 Å². The van der Waals surface area contributed by atoms with Crippen molar-refractivity contribution in [2.45, 2.75) is 58.4 Å². The van der Waals surface area contributed by atoms with E-state index in [1.165, 1.54) is 45.2 Å². The van der Waals surface area contributed by atoms with Gasteiger partial charge < -0.3 is 5.73 Å². The third kappa shape index (κ3) is 2.53. The molecular weight excluding hydrogens is 208 g/mol. The highest BCUT2D eigenvalue weighted by molar-refractivity contribution is 5.00. The normalized spacial score (nSPS) is 41.6. The second-order valence-corrected chi connectivity index (χ2v) is 6.76. The molecule has 2 aliphatic rings. The number of nitrogens with zero attached hydrogens (tertiary/aromatic N) is 1. The maximum atomic E-state index is 6.20. The zero-order valence-corrected chi connectivity index (χ0v) is 11.9. The zero-order valence-electron chi connectivity index (χ0n) is 11.9. The maximum absolute atomic E-state index is 6.20. The van der Waals surface area contributed by atoms with Crippen LogP contribution in [0.4, 0.5) is 0 Å². The molecular formula is C15H30N2. The molecule has 0 aromatic rings. The average Bonchev–Trinajstić information content (AvgIpc) is 2.31. The van der Waals surface area contributed by atoms with Crippen LogP contribution in [0.25, 0.3) is 0 Å². The average molecular weight is 238 g/mol. The number of rotatable bonds is 2. The lowest BCUT2D eigenvalue weighted by molar-refractivity contribution is -0.0192. The third-order valence-electron chi connectivity index (χ3n) is 5.51. The predicted molar refractivity (Wildman–Crippen MR) is 73.9 cm³/mol. The van der Waals surface area contributed by atoms with Crippen molar-refractivity contribution >= 4 is 0 Å². The van der Waals surface area contributed by atoms with Gasteiger partial charge >= 0.3 is 0 Å². The van der Waals surface area contributed by atoms with Crippen LogP contribution in [-0.4, -0.2) is 30.1 Å². The highest BCUT2D eigenvalue weighted by atomic mass is 15.2. The summed E-state index contributed by atoms with van der Waals surface area (Å²) in [6, 6.07) is 0. The molecule has 2 nitrogen and oxygen atoms in total. The van der Waals surface area contributed by atoms with Crippen molar-refractivity contribution in [3.05, 3.63) is 0 Å². The fraction of sp³-hybridized carbons (Fsp3) is 1.00. The van der Waals surface area contributed by atoms with Gasteiger partial charge in [-0.05, 0) is 62.9 Å². The van der Waals surface area contributed by atoms with Crippen LogP contribution in [0.15, 0.2) is 0 Å². The summed E-state index contributed by atoms with van der Waals surface area (Å²) in [5.41, 5.74) is 6.52. The Morgan fingerprint density at radius 2 is 1.71 bits per heavy atom. The van der Waals surface area contributed by atoms with Gasteiger partial charge in [-0.25, -0.2) is 0 Å². The largest absolute Gasteiger partial charge is 0.329 e. The van der Waals surface area contributed by atoms with E-state index in [4.69, 9.17) is 5.73 Å². The van der Waals surface area contributed by atoms with E-state index in [2.05, 4.69) is 25.7 Å². The van der Waals surface area contributed by atoms with Crippen LogP contribution in [0, 0.1) is 17.8 Å². The molecule has 0 spiro atoms. The van der Waals surface area contributed by atoms with Gasteiger partial charge in [0, 0.05) is 12.1 Å². The van der Waals surface area contributed by atoms with Gasteiger partial charge in [-0.15, -0.1) is 0 Å². The first-order valence-electron chi connectivity index (χ1n) is 7.53. The van der Waals surface area contributed by atoms with Crippen LogP contribution < -0.4 is 5.73 Å². The van der Waals surface area contributed by atoms with Gasteiger partial charge in [-0.2, -0.15) is 0 Å². The Morgan fingerprint density at radius 1 is 1.06 bits per heavy atom. The fourth-order valence-corrected chi connectivity index (χ4v) is 4.04.